The number of anilines is 1. The number of halogens is 4. The number of aryl methyl sites for hydroxylation is 1. The maximum absolute atomic E-state index is 13.9. The van der Waals surface area contributed by atoms with Crippen LogP contribution in [0.1, 0.15) is 37.0 Å². The van der Waals surface area contributed by atoms with Crippen LogP contribution in [0, 0.1) is 6.92 Å². The Labute approximate surface area is 243 Å². The molecule has 0 aliphatic heterocycles. The van der Waals surface area contributed by atoms with Crippen molar-refractivity contribution in [1.29, 1.82) is 0 Å². The third kappa shape index (κ3) is 7.80. The lowest BCUT2D eigenvalue weighted by Crippen LogP contribution is -2.52. The fourth-order valence-electron chi connectivity index (χ4n) is 4.24. The molecule has 0 fully saturated rings. The monoisotopic (exact) mass is 609 g/mol. The summed E-state index contributed by atoms with van der Waals surface area (Å²) in [5.74, 6) is -1.20. The highest BCUT2D eigenvalue weighted by Crippen LogP contribution is 2.38. The number of hydrogen-bond donors (Lipinski definition) is 1. The summed E-state index contributed by atoms with van der Waals surface area (Å²) >= 11 is 5.79. The zero-order valence-corrected chi connectivity index (χ0v) is 24.4. The predicted octanol–water partition coefficient (Wildman–Crippen LogP) is 5.81. The lowest BCUT2D eigenvalue weighted by molar-refractivity contribution is -0.140. The highest BCUT2D eigenvalue weighted by Gasteiger charge is 2.37. The molecule has 0 unspecified atom stereocenters. The van der Waals surface area contributed by atoms with Crippen LogP contribution in [0.5, 0.6) is 0 Å². The maximum atomic E-state index is 13.9. The number of likely N-dealkylation sites (N-methyl/N-ethyl adjacent to an activating group) is 1. The van der Waals surface area contributed by atoms with Crippen LogP contribution in [-0.2, 0) is 32.3 Å². The second-order valence-corrected chi connectivity index (χ2v) is 11.6. The Kier molecular flexibility index (Phi) is 10.4. The van der Waals surface area contributed by atoms with Gasteiger partial charge in [-0.2, -0.15) is 13.2 Å². The van der Waals surface area contributed by atoms with Gasteiger partial charge in [-0.1, -0.05) is 66.6 Å². The summed E-state index contributed by atoms with van der Waals surface area (Å²) in [6.45, 7) is 4.75. The molecule has 0 spiro atoms. The van der Waals surface area contributed by atoms with Crippen molar-refractivity contribution in [2.24, 2.45) is 0 Å². The highest BCUT2D eigenvalue weighted by molar-refractivity contribution is 7.92. The van der Waals surface area contributed by atoms with E-state index in [4.69, 9.17) is 11.6 Å². The molecule has 2 amide bonds. The molecule has 3 aromatic carbocycles. The largest absolute Gasteiger partial charge is 0.417 e. The van der Waals surface area contributed by atoms with Gasteiger partial charge < -0.3 is 10.2 Å². The Bertz CT molecular complexity index is 1470. The van der Waals surface area contributed by atoms with E-state index < -0.39 is 56.9 Å². The van der Waals surface area contributed by atoms with E-state index in [0.29, 0.717) is 22.5 Å². The number of sulfonamides is 1. The summed E-state index contributed by atoms with van der Waals surface area (Å²) in [7, 11) is -4.52. The summed E-state index contributed by atoms with van der Waals surface area (Å²) in [5, 5.41) is 2.08. The maximum Gasteiger partial charge on any atom is 0.417 e. The molecule has 1 atom stereocenters. The van der Waals surface area contributed by atoms with Gasteiger partial charge in [0.1, 0.15) is 12.6 Å². The number of nitrogens with zero attached hydrogens (tertiary/aromatic N) is 2. The van der Waals surface area contributed by atoms with Crippen molar-refractivity contribution in [2.75, 3.05) is 17.4 Å². The molecule has 0 saturated carbocycles. The van der Waals surface area contributed by atoms with Crippen LogP contribution in [0.4, 0.5) is 18.9 Å². The van der Waals surface area contributed by atoms with Gasteiger partial charge in [-0.15, -0.1) is 0 Å². The van der Waals surface area contributed by atoms with Gasteiger partial charge in [-0.3, -0.25) is 13.9 Å². The first-order valence-electron chi connectivity index (χ1n) is 12.9. The number of carbonyl (C=O) groups is 2. The zero-order valence-electron chi connectivity index (χ0n) is 22.8. The fraction of sp³-hybridized carbons (Fsp3) is 0.310. The number of nitrogens with one attached hydrogen (secondary N) is 1. The first-order chi connectivity index (χ1) is 19.3. The first-order valence-corrected chi connectivity index (χ1v) is 14.7. The van der Waals surface area contributed by atoms with Crippen molar-refractivity contribution in [3.8, 4) is 0 Å². The van der Waals surface area contributed by atoms with Crippen LogP contribution in [0.15, 0.2) is 77.7 Å². The molecule has 0 saturated heterocycles. The van der Waals surface area contributed by atoms with Gasteiger partial charge in [-0.25, -0.2) is 8.42 Å². The van der Waals surface area contributed by atoms with Gasteiger partial charge in [-0.05, 0) is 56.2 Å². The summed E-state index contributed by atoms with van der Waals surface area (Å²) in [6, 6.07) is 16.0. The summed E-state index contributed by atoms with van der Waals surface area (Å²) < 4.78 is 69.3. The van der Waals surface area contributed by atoms with Crippen LogP contribution in [0.25, 0.3) is 0 Å². The second-order valence-electron chi connectivity index (χ2n) is 9.31. The molecule has 41 heavy (non-hydrogen) atoms. The number of rotatable bonds is 11. The van der Waals surface area contributed by atoms with E-state index in [9.17, 15) is 31.2 Å². The van der Waals surface area contributed by atoms with Crippen molar-refractivity contribution in [3.05, 3.63) is 94.5 Å². The van der Waals surface area contributed by atoms with E-state index in [1.165, 1.54) is 29.2 Å². The quantitative estimate of drug-likeness (QED) is 0.297. The standard InChI is InChI=1S/C29H31ClF3N3O4S/c1-4-26(28(38)34-5-2)35(18-21-13-11-20(3)12-14-21)27(37)19-36(41(39,40)23-9-7-6-8-10-23)22-15-16-25(30)24(17-22)29(31,32)33/h6-17,26H,4-5,18-19H2,1-3H3,(H,34,38)/t26-/m0/s1. The van der Waals surface area contributed by atoms with Crippen LogP contribution in [0.2, 0.25) is 5.02 Å². The molecular weight excluding hydrogens is 579 g/mol. The van der Waals surface area contributed by atoms with Crippen LogP contribution >= 0.6 is 11.6 Å². The highest BCUT2D eigenvalue weighted by atomic mass is 35.5. The van der Waals surface area contributed by atoms with Crippen molar-refractivity contribution in [2.45, 2.75) is 50.9 Å². The minimum absolute atomic E-state index is 0.0254. The molecule has 3 aromatic rings. The normalized spacial score (nSPS) is 12.5. The molecular formula is C29H31ClF3N3O4S. The smallest absolute Gasteiger partial charge is 0.355 e. The van der Waals surface area contributed by atoms with E-state index in [0.717, 1.165) is 17.7 Å². The van der Waals surface area contributed by atoms with E-state index >= 15 is 0 Å². The average Bonchev–Trinajstić information content (AvgIpc) is 2.93. The van der Waals surface area contributed by atoms with E-state index in [1.54, 1.807) is 32.0 Å². The molecule has 0 aliphatic rings. The second kappa shape index (κ2) is 13.4. The minimum Gasteiger partial charge on any atom is -0.355 e. The van der Waals surface area contributed by atoms with Crippen LogP contribution < -0.4 is 9.62 Å². The Hall–Kier alpha value is -3.57. The lowest BCUT2D eigenvalue weighted by atomic mass is 10.1. The topological polar surface area (TPSA) is 86.8 Å². The fourth-order valence-corrected chi connectivity index (χ4v) is 5.89. The van der Waals surface area contributed by atoms with Gasteiger partial charge in [0, 0.05) is 13.1 Å². The Morgan fingerprint density at radius 1 is 0.976 bits per heavy atom. The molecule has 220 valence electrons. The predicted molar refractivity (Wildman–Crippen MR) is 152 cm³/mol. The van der Waals surface area contributed by atoms with Gasteiger partial charge in [0.25, 0.3) is 10.0 Å². The molecule has 0 bridgehead atoms. The third-order valence-electron chi connectivity index (χ3n) is 6.36. The van der Waals surface area contributed by atoms with E-state index in [1.807, 2.05) is 19.1 Å². The van der Waals surface area contributed by atoms with Crippen molar-refractivity contribution in [3.63, 3.8) is 0 Å². The average molecular weight is 610 g/mol. The number of amides is 2. The SMILES string of the molecule is CCNC(=O)[C@H](CC)N(Cc1ccc(C)cc1)C(=O)CN(c1ccc(Cl)c(C(F)(F)F)c1)S(=O)(=O)c1ccccc1. The van der Waals surface area contributed by atoms with Crippen LogP contribution in [-0.4, -0.2) is 44.3 Å². The number of carbonyl (C=O) groups excluding carboxylic acids is 2. The summed E-state index contributed by atoms with van der Waals surface area (Å²) in [6.07, 6.45) is -4.66. The van der Waals surface area contributed by atoms with Crippen molar-refractivity contribution < 1.29 is 31.2 Å². The molecule has 0 aliphatic carbocycles. The number of alkyl halides is 3. The first kappa shape index (κ1) is 32.0. The molecule has 0 radical (unpaired) electrons. The van der Waals surface area contributed by atoms with Gasteiger partial charge in [0.15, 0.2) is 0 Å². The molecule has 3 rings (SSSR count). The van der Waals surface area contributed by atoms with Crippen LogP contribution in [0.3, 0.4) is 0 Å². The zero-order chi connectivity index (χ0) is 30.4. The van der Waals surface area contributed by atoms with Gasteiger partial charge >= 0.3 is 6.18 Å². The Balaban J connectivity index is 2.13. The van der Waals surface area contributed by atoms with Gasteiger partial charge in [0.05, 0.1) is 21.2 Å². The van der Waals surface area contributed by atoms with Gasteiger partial charge in [0.2, 0.25) is 11.8 Å². The molecule has 1 N–H and O–H groups in total. The number of hydrogen-bond acceptors (Lipinski definition) is 4. The Morgan fingerprint density at radius 3 is 2.17 bits per heavy atom. The lowest BCUT2D eigenvalue weighted by Gasteiger charge is -2.33. The van der Waals surface area contributed by atoms with E-state index in [-0.39, 0.29) is 17.9 Å². The third-order valence-corrected chi connectivity index (χ3v) is 8.48. The molecule has 0 heterocycles. The molecule has 7 nitrogen and oxygen atoms in total. The minimum atomic E-state index is -4.87. The molecule has 12 heteroatoms. The Morgan fingerprint density at radius 2 is 1.61 bits per heavy atom. The molecule has 0 aromatic heterocycles. The summed E-state index contributed by atoms with van der Waals surface area (Å²) in [4.78, 5) is 27.9. The van der Waals surface area contributed by atoms with Crippen molar-refractivity contribution >= 4 is 39.1 Å². The van der Waals surface area contributed by atoms with Crippen molar-refractivity contribution in [1.82, 2.24) is 10.2 Å². The number of benzene rings is 3. The summed E-state index contributed by atoms with van der Waals surface area (Å²) in [5.41, 5.74) is 0.0173. The van der Waals surface area contributed by atoms with E-state index in [2.05, 4.69) is 5.32 Å².